The number of nitrogens with zero attached hydrogens (tertiary/aromatic N) is 4. The number of hydrogen-bond acceptors (Lipinski definition) is 7. The summed E-state index contributed by atoms with van der Waals surface area (Å²) in [6.45, 7) is 5.40. The minimum absolute atomic E-state index is 0.0513. The number of rotatable bonds is 6. The Hall–Kier alpha value is -1.68. The molecule has 1 aliphatic heterocycles. The Balaban J connectivity index is 2.36. The Bertz CT molecular complexity index is 649. The monoisotopic (exact) mass is 332 g/mol. The highest BCUT2D eigenvalue weighted by atomic mass is 32.2. The maximum absolute atomic E-state index is 11.7. The van der Waals surface area contributed by atoms with Crippen LogP contribution in [0.3, 0.4) is 0 Å². The largest absolute Gasteiger partial charge is 0.406 e. The lowest BCUT2D eigenvalue weighted by Gasteiger charge is -2.28. The van der Waals surface area contributed by atoms with Gasteiger partial charge in [0, 0.05) is 32.3 Å². The first-order chi connectivity index (χ1) is 10.4. The van der Waals surface area contributed by atoms with Crippen LogP contribution in [0, 0.1) is 17.0 Å². The first kappa shape index (κ1) is 16.7. The summed E-state index contributed by atoms with van der Waals surface area (Å²) in [6.07, 6.45) is 0. The number of sulfone groups is 1. The van der Waals surface area contributed by atoms with Gasteiger partial charge >= 0.3 is 5.82 Å². The highest BCUT2D eigenvalue weighted by molar-refractivity contribution is 7.91. The van der Waals surface area contributed by atoms with Crippen molar-refractivity contribution in [3.8, 4) is 0 Å². The average Bonchev–Trinajstić information content (AvgIpc) is 2.83. The molecular weight excluding hydrogens is 312 g/mol. The van der Waals surface area contributed by atoms with Gasteiger partial charge in [-0.25, -0.2) is 8.42 Å². The molecule has 1 fully saturated rings. The van der Waals surface area contributed by atoms with Gasteiger partial charge in [0.1, 0.15) is 0 Å². The molecule has 0 bridgehead atoms. The molecule has 0 aromatic carbocycles. The summed E-state index contributed by atoms with van der Waals surface area (Å²) in [4.78, 5) is 16.5. The minimum Gasteiger partial charge on any atom is -0.378 e. The molecule has 0 saturated carbocycles. The lowest BCUT2D eigenvalue weighted by molar-refractivity contribution is -0.388. The zero-order valence-electron chi connectivity index (χ0n) is 12.7. The van der Waals surface area contributed by atoms with E-state index in [0.717, 1.165) is 0 Å². The number of ether oxygens (including phenoxy) is 1. The Morgan fingerprint density at radius 3 is 2.55 bits per heavy atom. The third-order valence-corrected chi connectivity index (χ3v) is 5.35. The Labute approximate surface area is 129 Å². The molecule has 0 radical (unpaired) electrons. The Morgan fingerprint density at radius 2 is 2.00 bits per heavy atom. The summed E-state index contributed by atoms with van der Waals surface area (Å²) in [5, 5.41) is 11.2. The number of hydrogen-bond donors (Lipinski definition) is 0. The van der Waals surface area contributed by atoms with E-state index in [2.05, 4.69) is 4.98 Å². The number of aromatic nitrogens is 2. The maximum atomic E-state index is 11.7. The fraction of sp³-hybridized carbons (Fsp3) is 0.750. The molecule has 22 heavy (non-hydrogen) atoms. The predicted octanol–water partition coefficient (Wildman–Crippen LogP) is 0.371. The summed E-state index contributed by atoms with van der Waals surface area (Å²) < 4.78 is 30.3. The molecule has 1 aromatic rings. The van der Waals surface area contributed by atoms with Crippen molar-refractivity contribution in [1.29, 1.82) is 0 Å². The molecule has 0 atom stereocenters. The van der Waals surface area contributed by atoms with Crippen LogP contribution in [-0.4, -0.2) is 60.7 Å². The average molecular weight is 332 g/mol. The quantitative estimate of drug-likeness (QED) is 0.547. The zero-order valence-corrected chi connectivity index (χ0v) is 13.5. The van der Waals surface area contributed by atoms with E-state index in [-0.39, 0.29) is 23.9 Å². The van der Waals surface area contributed by atoms with Crippen molar-refractivity contribution < 1.29 is 18.1 Å². The summed E-state index contributed by atoms with van der Waals surface area (Å²) in [7, 11) is -3.15. The van der Waals surface area contributed by atoms with E-state index >= 15 is 0 Å². The second kappa shape index (κ2) is 6.61. The van der Waals surface area contributed by atoms with E-state index in [9.17, 15) is 18.5 Å². The van der Waals surface area contributed by atoms with Gasteiger partial charge in [-0.15, -0.1) is 0 Å². The standard InChI is InChI=1S/C12H20N4O5S/c1-3-22(19,20)9-6-15-10(2)13-11(16(17)18)12(15)14-4-7-21-8-5-14/h3-9H2,1-2H3. The van der Waals surface area contributed by atoms with Crippen LogP contribution in [0.2, 0.25) is 0 Å². The van der Waals surface area contributed by atoms with Crippen LogP contribution in [0.1, 0.15) is 12.7 Å². The van der Waals surface area contributed by atoms with Crippen LogP contribution < -0.4 is 4.90 Å². The second-order valence-corrected chi connectivity index (χ2v) is 7.52. The van der Waals surface area contributed by atoms with Crippen molar-refractivity contribution in [1.82, 2.24) is 9.55 Å². The van der Waals surface area contributed by atoms with E-state index in [0.29, 0.717) is 37.9 Å². The van der Waals surface area contributed by atoms with E-state index in [1.54, 1.807) is 18.4 Å². The zero-order chi connectivity index (χ0) is 16.3. The van der Waals surface area contributed by atoms with Crippen LogP contribution in [-0.2, 0) is 21.1 Å². The summed E-state index contributed by atoms with van der Waals surface area (Å²) in [6, 6.07) is 0. The molecule has 10 heteroatoms. The summed E-state index contributed by atoms with van der Waals surface area (Å²) in [5.74, 6) is 0.579. The molecular formula is C12H20N4O5S. The first-order valence-corrected chi connectivity index (χ1v) is 8.92. The van der Waals surface area contributed by atoms with Crippen molar-refractivity contribution in [2.45, 2.75) is 20.4 Å². The smallest absolute Gasteiger partial charge is 0.378 e. The Kier molecular flexibility index (Phi) is 5.01. The lowest BCUT2D eigenvalue weighted by Crippen LogP contribution is -2.38. The van der Waals surface area contributed by atoms with Crippen molar-refractivity contribution in [2.75, 3.05) is 42.7 Å². The third kappa shape index (κ3) is 3.55. The van der Waals surface area contributed by atoms with Gasteiger partial charge in [-0.05, 0) is 9.91 Å². The fourth-order valence-electron chi connectivity index (χ4n) is 2.39. The van der Waals surface area contributed by atoms with Crippen LogP contribution >= 0.6 is 0 Å². The lowest BCUT2D eigenvalue weighted by atomic mass is 10.4. The SMILES string of the molecule is CCS(=O)(=O)CCn1c(C)nc([N+](=O)[O-])c1N1CCOCC1. The highest BCUT2D eigenvalue weighted by Crippen LogP contribution is 2.29. The van der Waals surface area contributed by atoms with Crippen molar-refractivity contribution in [2.24, 2.45) is 0 Å². The van der Waals surface area contributed by atoms with E-state index in [1.807, 2.05) is 4.90 Å². The van der Waals surface area contributed by atoms with Gasteiger partial charge in [0.25, 0.3) is 0 Å². The number of imidazole rings is 1. The molecule has 1 saturated heterocycles. The Morgan fingerprint density at radius 1 is 1.36 bits per heavy atom. The predicted molar refractivity (Wildman–Crippen MR) is 81.0 cm³/mol. The van der Waals surface area contributed by atoms with Gasteiger partial charge in [-0.2, -0.15) is 0 Å². The van der Waals surface area contributed by atoms with E-state index < -0.39 is 14.8 Å². The molecule has 0 amide bonds. The van der Waals surface area contributed by atoms with E-state index in [4.69, 9.17) is 4.74 Å². The normalized spacial score (nSPS) is 16.0. The van der Waals surface area contributed by atoms with Gasteiger partial charge in [0.15, 0.2) is 9.84 Å². The van der Waals surface area contributed by atoms with Gasteiger partial charge in [-0.3, -0.25) is 4.57 Å². The van der Waals surface area contributed by atoms with E-state index in [1.165, 1.54) is 0 Å². The molecule has 1 aliphatic rings. The van der Waals surface area contributed by atoms with Gasteiger partial charge in [0.05, 0.1) is 19.0 Å². The highest BCUT2D eigenvalue weighted by Gasteiger charge is 2.31. The van der Waals surface area contributed by atoms with Gasteiger partial charge in [0.2, 0.25) is 11.6 Å². The third-order valence-electron chi connectivity index (χ3n) is 3.66. The van der Waals surface area contributed by atoms with Crippen molar-refractivity contribution >= 4 is 21.5 Å². The molecule has 0 spiro atoms. The number of aryl methyl sites for hydroxylation is 1. The summed E-state index contributed by atoms with van der Waals surface area (Å²) in [5.41, 5.74) is 0. The van der Waals surface area contributed by atoms with Crippen LogP contribution in [0.4, 0.5) is 11.6 Å². The number of anilines is 1. The second-order valence-electron chi connectivity index (χ2n) is 5.05. The van der Waals surface area contributed by atoms with Crippen molar-refractivity contribution in [3.63, 3.8) is 0 Å². The molecule has 0 aliphatic carbocycles. The molecule has 9 nitrogen and oxygen atoms in total. The van der Waals surface area contributed by atoms with Crippen LogP contribution in [0.15, 0.2) is 0 Å². The molecule has 2 heterocycles. The topological polar surface area (TPSA) is 108 Å². The molecule has 2 rings (SSSR count). The molecule has 0 unspecified atom stereocenters. The summed E-state index contributed by atoms with van der Waals surface area (Å²) >= 11 is 0. The molecule has 1 aromatic heterocycles. The number of morpholine rings is 1. The van der Waals surface area contributed by atoms with Gasteiger partial charge in [-0.1, -0.05) is 6.92 Å². The van der Waals surface area contributed by atoms with Crippen LogP contribution in [0.5, 0.6) is 0 Å². The van der Waals surface area contributed by atoms with Gasteiger partial charge < -0.3 is 19.8 Å². The fourth-order valence-corrected chi connectivity index (χ4v) is 3.14. The number of nitro groups is 1. The van der Waals surface area contributed by atoms with Crippen LogP contribution in [0.25, 0.3) is 0 Å². The first-order valence-electron chi connectivity index (χ1n) is 7.10. The van der Waals surface area contributed by atoms with Crippen molar-refractivity contribution in [3.05, 3.63) is 15.9 Å². The molecule has 0 N–H and O–H groups in total. The maximum Gasteiger partial charge on any atom is 0.406 e. The molecule has 124 valence electrons. The minimum atomic E-state index is -3.15.